The number of benzene rings is 1. The Kier molecular flexibility index (Phi) is 6.77. The monoisotopic (exact) mass is 320 g/mol. The molecule has 122 valence electrons. The normalized spacial score (nSPS) is 18.5. The first-order chi connectivity index (χ1) is 10.7. The molecule has 0 spiro atoms. The molecule has 0 N–H and O–H groups in total. The predicted octanol–water partition coefficient (Wildman–Crippen LogP) is 3.55. The first kappa shape index (κ1) is 17.4. The summed E-state index contributed by atoms with van der Waals surface area (Å²) in [7, 11) is 0. The van der Waals surface area contributed by atoms with E-state index in [0.717, 1.165) is 39.0 Å². The smallest absolute Gasteiger partial charge is 0.233 e. The number of amides is 1. The zero-order valence-electron chi connectivity index (χ0n) is 14.0. The van der Waals surface area contributed by atoms with Gasteiger partial charge in [0.1, 0.15) is 5.37 Å². The van der Waals surface area contributed by atoms with Gasteiger partial charge in [-0.25, -0.2) is 0 Å². The first-order valence-electron chi connectivity index (χ1n) is 8.41. The van der Waals surface area contributed by atoms with Crippen LogP contribution in [0.2, 0.25) is 0 Å². The van der Waals surface area contributed by atoms with Crippen LogP contribution in [0.1, 0.15) is 43.7 Å². The van der Waals surface area contributed by atoms with E-state index < -0.39 is 0 Å². The van der Waals surface area contributed by atoms with Crippen molar-refractivity contribution in [3.8, 4) is 0 Å². The van der Waals surface area contributed by atoms with E-state index in [-0.39, 0.29) is 11.3 Å². The molecule has 0 aromatic heterocycles. The molecule has 2 rings (SSSR count). The molecule has 1 aliphatic rings. The van der Waals surface area contributed by atoms with Gasteiger partial charge in [0.2, 0.25) is 5.91 Å². The second-order valence-electron chi connectivity index (χ2n) is 5.73. The summed E-state index contributed by atoms with van der Waals surface area (Å²) in [4.78, 5) is 16.7. The number of hydrogen-bond acceptors (Lipinski definition) is 3. The van der Waals surface area contributed by atoms with Crippen molar-refractivity contribution in [3.05, 3.63) is 35.4 Å². The third-order valence-electron chi connectivity index (χ3n) is 4.41. The molecular formula is C18H28N2OS. The zero-order valence-corrected chi connectivity index (χ0v) is 14.9. The van der Waals surface area contributed by atoms with Crippen LogP contribution >= 0.6 is 11.8 Å². The maximum atomic E-state index is 12.2. The molecule has 1 aromatic rings. The Balaban J connectivity index is 1.96. The van der Waals surface area contributed by atoms with Crippen LogP contribution in [-0.4, -0.2) is 47.6 Å². The van der Waals surface area contributed by atoms with E-state index in [0.29, 0.717) is 5.75 Å². The Bertz CT molecular complexity index is 470. The molecule has 1 fully saturated rings. The van der Waals surface area contributed by atoms with E-state index in [2.05, 4.69) is 54.8 Å². The lowest BCUT2D eigenvalue weighted by Crippen LogP contribution is -2.32. The van der Waals surface area contributed by atoms with Crippen molar-refractivity contribution >= 4 is 17.7 Å². The van der Waals surface area contributed by atoms with Gasteiger partial charge >= 0.3 is 0 Å². The van der Waals surface area contributed by atoms with Gasteiger partial charge in [-0.1, -0.05) is 45.0 Å². The van der Waals surface area contributed by atoms with Crippen molar-refractivity contribution in [2.24, 2.45) is 0 Å². The van der Waals surface area contributed by atoms with E-state index >= 15 is 0 Å². The fourth-order valence-electron chi connectivity index (χ4n) is 2.89. The molecule has 1 atom stereocenters. The van der Waals surface area contributed by atoms with Gasteiger partial charge in [-0.3, -0.25) is 4.79 Å². The summed E-state index contributed by atoms with van der Waals surface area (Å²) in [6.07, 6.45) is 2.11. The fraction of sp³-hybridized carbons (Fsp3) is 0.611. The average Bonchev–Trinajstić information content (AvgIpc) is 2.92. The van der Waals surface area contributed by atoms with Crippen LogP contribution in [0, 0.1) is 0 Å². The molecule has 0 bridgehead atoms. The number of nitrogens with zero attached hydrogens (tertiary/aromatic N) is 2. The van der Waals surface area contributed by atoms with Crippen molar-refractivity contribution in [1.29, 1.82) is 0 Å². The minimum absolute atomic E-state index is 0.204. The Labute approximate surface area is 139 Å². The third-order valence-corrected chi connectivity index (χ3v) is 5.67. The lowest BCUT2D eigenvalue weighted by molar-refractivity contribution is -0.128. The van der Waals surface area contributed by atoms with Crippen LogP contribution in [-0.2, 0) is 11.2 Å². The number of hydrogen-bond donors (Lipinski definition) is 0. The lowest BCUT2D eigenvalue weighted by atomic mass is 10.1. The fourth-order valence-corrected chi connectivity index (χ4v) is 4.11. The van der Waals surface area contributed by atoms with Crippen LogP contribution in [0.15, 0.2) is 24.3 Å². The average molecular weight is 321 g/mol. The number of carbonyl (C=O) groups is 1. The topological polar surface area (TPSA) is 23.6 Å². The molecule has 1 unspecified atom stereocenters. The third kappa shape index (κ3) is 4.26. The highest BCUT2D eigenvalue weighted by molar-refractivity contribution is 8.00. The lowest BCUT2D eigenvalue weighted by Gasteiger charge is -2.26. The summed E-state index contributed by atoms with van der Waals surface area (Å²) in [6.45, 7) is 10.7. The zero-order chi connectivity index (χ0) is 15.9. The number of thioether (sulfide) groups is 1. The van der Waals surface area contributed by atoms with Crippen LogP contribution in [0.4, 0.5) is 0 Å². The molecule has 0 aliphatic carbocycles. The summed E-state index contributed by atoms with van der Waals surface area (Å²) in [6, 6.07) is 8.75. The van der Waals surface area contributed by atoms with E-state index in [1.807, 2.05) is 0 Å². The molecule has 1 aromatic carbocycles. The molecule has 22 heavy (non-hydrogen) atoms. The summed E-state index contributed by atoms with van der Waals surface area (Å²) in [5.41, 5.74) is 2.61. The summed E-state index contributed by atoms with van der Waals surface area (Å²) in [5.74, 6) is 0.903. The van der Waals surface area contributed by atoms with Gasteiger partial charge in [0.05, 0.1) is 5.75 Å². The van der Waals surface area contributed by atoms with E-state index in [4.69, 9.17) is 0 Å². The van der Waals surface area contributed by atoms with Crippen molar-refractivity contribution in [1.82, 2.24) is 9.80 Å². The minimum Gasteiger partial charge on any atom is -0.326 e. The van der Waals surface area contributed by atoms with Gasteiger partial charge in [-0.2, -0.15) is 0 Å². The van der Waals surface area contributed by atoms with E-state index in [9.17, 15) is 4.79 Å². The molecule has 3 nitrogen and oxygen atoms in total. The molecule has 0 saturated carbocycles. The largest absolute Gasteiger partial charge is 0.326 e. The quantitative estimate of drug-likeness (QED) is 0.732. The number of rotatable bonds is 8. The highest BCUT2D eigenvalue weighted by Gasteiger charge is 2.32. The summed E-state index contributed by atoms with van der Waals surface area (Å²) < 4.78 is 0. The van der Waals surface area contributed by atoms with E-state index in [1.54, 1.807) is 11.8 Å². The number of aryl methyl sites for hydroxylation is 1. The highest BCUT2D eigenvalue weighted by Crippen LogP contribution is 2.38. The Morgan fingerprint density at radius 2 is 1.86 bits per heavy atom. The molecular weight excluding hydrogens is 292 g/mol. The second-order valence-corrected chi connectivity index (χ2v) is 6.79. The molecule has 1 aliphatic heterocycles. The van der Waals surface area contributed by atoms with Gasteiger partial charge < -0.3 is 9.80 Å². The summed E-state index contributed by atoms with van der Waals surface area (Å²) >= 11 is 1.76. The van der Waals surface area contributed by atoms with Crippen molar-refractivity contribution in [3.63, 3.8) is 0 Å². The minimum atomic E-state index is 0.204. The predicted molar refractivity (Wildman–Crippen MR) is 95.1 cm³/mol. The van der Waals surface area contributed by atoms with E-state index in [1.165, 1.54) is 11.1 Å². The maximum absolute atomic E-state index is 12.2. The molecule has 1 heterocycles. The molecule has 1 amide bonds. The van der Waals surface area contributed by atoms with Gasteiger partial charge in [0, 0.05) is 6.54 Å². The van der Waals surface area contributed by atoms with Crippen LogP contribution in [0.25, 0.3) is 0 Å². The highest BCUT2D eigenvalue weighted by atomic mass is 32.2. The van der Waals surface area contributed by atoms with Gasteiger partial charge in [0.15, 0.2) is 0 Å². The molecule has 4 heteroatoms. The SMILES string of the molecule is CCc1ccc(C2SCC(=O)N2CCCN(CC)CC)cc1. The second kappa shape index (κ2) is 8.59. The van der Waals surface area contributed by atoms with Crippen LogP contribution < -0.4 is 0 Å². The standard InChI is InChI=1S/C18H28N2OS/c1-4-15-8-10-16(11-9-15)18-20(17(21)14-22-18)13-7-12-19(5-2)6-3/h8-11,18H,4-7,12-14H2,1-3H3. The van der Waals surface area contributed by atoms with Gasteiger partial charge in [-0.05, 0) is 43.6 Å². The van der Waals surface area contributed by atoms with Crippen molar-refractivity contribution in [2.45, 2.75) is 39.0 Å². The van der Waals surface area contributed by atoms with Gasteiger partial charge in [-0.15, -0.1) is 11.8 Å². The Morgan fingerprint density at radius 3 is 2.45 bits per heavy atom. The number of carbonyl (C=O) groups excluding carboxylic acids is 1. The molecule has 0 radical (unpaired) electrons. The van der Waals surface area contributed by atoms with Crippen LogP contribution in [0.3, 0.4) is 0 Å². The van der Waals surface area contributed by atoms with Gasteiger partial charge in [0.25, 0.3) is 0 Å². The summed E-state index contributed by atoms with van der Waals surface area (Å²) in [5, 5.41) is 0.204. The molecule has 1 saturated heterocycles. The van der Waals surface area contributed by atoms with Crippen LogP contribution in [0.5, 0.6) is 0 Å². The Morgan fingerprint density at radius 1 is 1.18 bits per heavy atom. The first-order valence-corrected chi connectivity index (χ1v) is 9.46. The van der Waals surface area contributed by atoms with Crippen molar-refractivity contribution in [2.75, 3.05) is 31.9 Å². The Hall–Kier alpha value is -1.00. The van der Waals surface area contributed by atoms with Crippen molar-refractivity contribution < 1.29 is 4.79 Å². The maximum Gasteiger partial charge on any atom is 0.233 e.